The third-order valence-corrected chi connectivity index (χ3v) is 8.74. The number of anilines is 1. The van der Waals surface area contributed by atoms with Crippen molar-refractivity contribution in [1.82, 2.24) is 20.4 Å². The summed E-state index contributed by atoms with van der Waals surface area (Å²) in [4.78, 5) is 25.9. The molecule has 0 saturated heterocycles. The van der Waals surface area contributed by atoms with E-state index in [1.54, 1.807) is 63.2 Å². The van der Waals surface area contributed by atoms with Crippen LogP contribution < -0.4 is 16.0 Å². The van der Waals surface area contributed by atoms with Gasteiger partial charge in [-0.2, -0.15) is 18.3 Å². The Kier molecular flexibility index (Phi) is 10.2. The van der Waals surface area contributed by atoms with Gasteiger partial charge in [0.15, 0.2) is 15.5 Å². The molecule has 0 aliphatic heterocycles. The SMILES string of the molecule is CC(C)(C)OC(=O)NCc1cccc(-n2nc(C(F)(F)F)cc2C(=O)Nc2cccc(C(NCC3CC3)c3cccc(S(C)(=O)=O)c3)c2)c1. The van der Waals surface area contributed by atoms with E-state index < -0.39 is 45.4 Å². The minimum Gasteiger partial charge on any atom is -0.444 e. The first kappa shape index (κ1) is 35.6. The fraction of sp³-hybridized carbons (Fsp3) is 0.343. The van der Waals surface area contributed by atoms with Gasteiger partial charge in [-0.05, 0) is 99.2 Å². The molecule has 1 atom stereocenters. The van der Waals surface area contributed by atoms with Crippen LogP contribution >= 0.6 is 0 Å². The molecular formula is C35H38F3N5O5S. The van der Waals surface area contributed by atoms with Crippen LogP contribution in [0.5, 0.6) is 0 Å². The van der Waals surface area contributed by atoms with Crippen molar-refractivity contribution in [2.24, 2.45) is 5.92 Å². The van der Waals surface area contributed by atoms with Gasteiger partial charge >= 0.3 is 12.3 Å². The van der Waals surface area contributed by atoms with Crippen LogP contribution in [0.15, 0.2) is 83.8 Å². The second-order valence-electron chi connectivity index (χ2n) is 13.1. The summed E-state index contributed by atoms with van der Waals surface area (Å²) in [6.07, 6.45) is -2.16. The van der Waals surface area contributed by atoms with Crippen LogP contribution in [0.25, 0.3) is 5.69 Å². The zero-order valence-electron chi connectivity index (χ0n) is 27.5. The van der Waals surface area contributed by atoms with Crippen molar-refractivity contribution in [1.29, 1.82) is 0 Å². The van der Waals surface area contributed by atoms with Crippen LogP contribution in [0.1, 0.15) is 72.5 Å². The molecule has 0 bridgehead atoms. The minimum atomic E-state index is -4.82. The van der Waals surface area contributed by atoms with Crippen molar-refractivity contribution < 1.29 is 35.9 Å². The molecule has 1 saturated carbocycles. The number of nitrogens with one attached hydrogen (secondary N) is 3. The summed E-state index contributed by atoms with van der Waals surface area (Å²) in [5.41, 5.74) is 0.132. The first-order valence-corrected chi connectivity index (χ1v) is 17.5. The summed E-state index contributed by atoms with van der Waals surface area (Å²) in [5.74, 6) is -0.322. The molecule has 0 spiro atoms. The molecule has 1 fully saturated rings. The number of alkyl halides is 3. The van der Waals surface area contributed by atoms with E-state index in [0.29, 0.717) is 35.3 Å². The first-order valence-electron chi connectivity index (χ1n) is 15.6. The Balaban J connectivity index is 1.42. The lowest BCUT2D eigenvalue weighted by Gasteiger charge is -2.21. The molecule has 0 radical (unpaired) electrons. The number of rotatable bonds is 11. The second-order valence-corrected chi connectivity index (χ2v) is 15.1. The van der Waals surface area contributed by atoms with Gasteiger partial charge in [0.05, 0.1) is 16.6 Å². The average molecular weight is 698 g/mol. The molecule has 5 rings (SSSR count). The average Bonchev–Trinajstić information content (AvgIpc) is 3.72. The first-order chi connectivity index (χ1) is 23.0. The maximum Gasteiger partial charge on any atom is 0.435 e. The number of alkyl carbamates (subject to hydrolysis) is 1. The lowest BCUT2D eigenvalue weighted by Crippen LogP contribution is -2.32. The van der Waals surface area contributed by atoms with E-state index in [1.807, 2.05) is 12.1 Å². The smallest absolute Gasteiger partial charge is 0.435 e. The number of nitrogens with zero attached hydrogens (tertiary/aromatic N) is 2. The zero-order valence-corrected chi connectivity index (χ0v) is 28.3. The molecule has 3 N–H and O–H groups in total. The lowest BCUT2D eigenvalue weighted by molar-refractivity contribution is -0.141. The predicted molar refractivity (Wildman–Crippen MR) is 178 cm³/mol. The fourth-order valence-electron chi connectivity index (χ4n) is 5.12. The largest absolute Gasteiger partial charge is 0.444 e. The van der Waals surface area contributed by atoms with Crippen LogP contribution in [0.3, 0.4) is 0 Å². The van der Waals surface area contributed by atoms with Crippen molar-refractivity contribution in [3.05, 3.63) is 107 Å². The highest BCUT2D eigenvalue weighted by molar-refractivity contribution is 7.90. The van der Waals surface area contributed by atoms with E-state index in [0.717, 1.165) is 29.3 Å². The summed E-state index contributed by atoms with van der Waals surface area (Å²) in [7, 11) is -3.46. The molecule has 4 aromatic rings. The van der Waals surface area contributed by atoms with Crippen LogP contribution in [0.2, 0.25) is 0 Å². The van der Waals surface area contributed by atoms with E-state index in [2.05, 4.69) is 21.0 Å². The van der Waals surface area contributed by atoms with E-state index in [9.17, 15) is 31.2 Å². The van der Waals surface area contributed by atoms with Gasteiger partial charge in [-0.15, -0.1) is 0 Å². The zero-order chi connectivity index (χ0) is 35.6. The summed E-state index contributed by atoms with van der Waals surface area (Å²) < 4.78 is 72.2. The number of carbonyl (C=O) groups is 2. The molecule has 14 heteroatoms. The number of ether oxygens (including phenoxy) is 1. The number of hydrogen-bond donors (Lipinski definition) is 3. The number of hydrogen-bond acceptors (Lipinski definition) is 7. The highest BCUT2D eigenvalue weighted by Crippen LogP contribution is 2.32. The Labute approximate surface area is 283 Å². The quantitative estimate of drug-likeness (QED) is 0.160. The molecule has 1 aliphatic carbocycles. The van der Waals surface area contributed by atoms with E-state index in [1.165, 1.54) is 18.2 Å². The van der Waals surface area contributed by atoms with Gasteiger partial charge in [-0.3, -0.25) is 4.79 Å². The van der Waals surface area contributed by atoms with E-state index >= 15 is 0 Å². The monoisotopic (exact) mass is 697 g/mol. The summed E-state index contributed by atoms with van der Waals surface area (Å²) in [6, 6.07) is 20.0. The van der Waals surface area contributed by atoms with Gasteiger partial charge < -0.3 is 20.7 Å². The Morgan fingerprint density at radius 2 is 1.63 bits per heavy atom. The topological polar surface area (TPSA) is 131 Å². The highest BCUT2D eigenvalue weighted by atomic mass is 32.2. The maximum absolute atomic E-state index is 13.8. The van der Waals surface area contributed by atoms with E-state index in [-0.39, 0.29) is 22.8 Å². The molecule has 3 aromatic carbocycles. The molecule has 2 amide bonds. The Morgan fingerprint density at radius 3 is 2.29 bits per heavy atom. The molecule has 10 nitrogen and oxygen atoms in total. The third-order valence-electron chi connectivity index (χ3n) is 7.63. The Bertz CT molecular complexity index is 1950. The van der Waals surface area contributed by atoms with Gasteiger partial charge in [0.25, 0.3) is 5.91 Å². The summed E-state index contributed by atoms with van der Waals surface area (Å²) >= 11 is 0. The molecule has 1 aromatic heterocycles. The number of aromatic nitrogens is 2. The van der Waals surface area contributed by atoms with Gasteiger partial charge in [-0.1, -0.05) is 36.4 Å². The van der Waals surface area contributed by atoms with Crippen LogP contribution in [-0.2, 0) is 27.3 Å². The molecule has 49 heavy (non-hydrogen) atoms. The van der Waals surface area contributed by atoms with Crippen LogP contribution in [0.4, 0.5) is 23.7 Å². The summed E-state index contributed by atoms with van der Waals surface area (Å²) in [6.45, 7) is 5.88. The van der Waals surface area contributed by atoms with Gasteiger partial charge in [0.1, 0.15) is 11.3 Å². The lowest BCUT2D eigenvalue weighted by atomic mass is 9.98. The molecule has 260 valence electrons. The predicted octanol–water partition coefficient (Wildman–Crippen LogP) is 6.66. The Morgan fingerprint density at radius 1 is 0.959 bits per heavy atom. The highest BCUT2D eigenvalue weighted by Gasteiger charge is 2.36. The van der Waals surface area contributed by atoms with Crippen molar-refractivity contribution in [3.8, 4) is 5.69 Å². The molecule has 1 aliphatic rings. The van der Waals surface area contributed by atoms with Crippen LogP contribution in [0, 0.1) is 5.92 Å². The normalized spacial score (nSPS) is 14.3. The standard InChI is InChI=1S/C35H38F3N5O5S/c1-34(2,3)48-33(45)40-21-23-8-5-12-27(16-23)43-29(19-30(42-43)35(36,37)38)32(44)41-26-11-6-9-24(17-26)31(39-20-22-14-15-22)25-10-7-13-28(18-25)49(4,46)47/h5-13,16-19,22,31,39H,14-15,20-21H2,1-4H3,(H,40,45)(H,41,44). The second kappa shape index (κ2) is 14.0. The van der Waals surface area contributed by atoms with Crippen molar-refractivity contribution in [2.45, 2.75) is 62.9 Å². The fourth-order valence-corrected chi connectivity index (χ4v) is 5.79. The number of benzene rings is 3. The van der Waals surface area contributed by atoms with Crippen molar-refractivity contribution in [2.75, 3.05) is 18.1 Å². The van der Waals surface area contributed by atoms with Crippen molar-refractivity contribution in [3.63, 3.8) is 0 Å². The van der Waals surface area contributed by atoms with Crippen LogP contribution in [-0.4, -0.2) is 48.6 Å². The van der Waals surface area contributed by atoms with Gasteiger partial charge in [0, 0.05) is 24.6 Å². The summed E-state index contributed by atoms with van der Waals surface area (Å²) in [5, 5.41) is 12.5. The van der Waals surface area contributed by atoms with Crippen molar-refractivity contribution >= 4 is 27.5 Å². The molecule has 1 heterocycles. The Hall–Kier alpha value is -4.69. The number of carbonyl (C=O) groups excluding carboxylic acids is 2. The number of halogens is 3. The number of sulfone groups is 1. The van der Waals surface area contributed by atoms with Gasteiger partial charge in [-0.25, -0.2) is 17.9 Å². The maximum atomic E-state index is 13.8. The van der Waals surface area contributed by atoms with E-state index in [4.69, 9.17) is 4.74 Å². The molecule has 1 unspecified atom stereocenters. The minimum absolute atomic E-state index is 0.0213. The van der Waals surface area contributed by atoms with Gasteiger partial charge in [0.2, 0.25) is 0 Å². The molecular weight excluding hydrogens is 659 g/mol. The third kappa shape index (κ3) is 9.70. The number of amides is 2.